The molecule has 1 heterocycles. The molecule has 0 aromatic carbocycles. The molecule has 0 aromatic rings. The highest BCUT2D eigenvalue weighted by Gasteiger charge is 2.47. The Morgan fingerprint density at radius 1 is 0.889 bits per heavy atom. The highest BCUT2D eigenvalue weighted by molar-refractivity contribution is 5.01. The minimum atomic E-state index is 0.649. The standard InChI is InChI=1S/C15H27N3/c1-2-17-14(8-16-1)9-18-15-12-4-10-3-11(6-12)7-13(15)5-10/h10-18H,1-9H2. The second-order valence-electron chi connectivity index (χ2n) is 7.22. The van der Waals surface area contributed by atoms with E-state index >= 15 is 0 Å². The Kier molecular flexibility index (Phi) is 3.10. The van der Waals surface area contributed by atoms with E-state index in [0.717, 1.165) is 49.3 Å². The zero-order valence-corrected chi connectivity index (χ0v) is 11.3. The molecule has 3 N–H and O–H groups in total. The molecule has 0 aromatic heterocycles. The molecule has 5 aliphatic rings. The van der Waals surface area contributed by atoms with Crippen LogP contribution in [0.4, 0.5) is 0 Å². The van der Waals surface area contributed by atoms with Gasteiger partial charge in [0.1, 0.15) is 0 Å². The summed E-state index contributed by atoms with van der Waals surface area (Å²) in [6.45, 7) is 4.57. The van der Waals surface area contributed by atoms with E-state index in [1.165, 1.54) is 32.2 Å². The van der Waals surface area contributed by atoms with E-state index in [0.29, 0.717) is 6.04 Å². The fourth-order valence-electron chi connectivity index (χ4n) is 5.39. The van der Waals surface area contributed by atoms with Crippen LogP contribution in [0.25, 0.3) is 0 Å². The first kappa shape index (κ1) is 11.7. The van der Waals surface area contributed by atoms with Crippen molar-refractivity contribution in [1.82, 2.24) is 16.0 Å². The SMILES string of the molecule is C1CNC(CNC2C3CC4CC(C3)CC2C4)CN1. The van der Waals surface area contributed by atoms with Gasteiger partial charge in [-0.05, 0) is 55.8 Å². The lowest BCUT2D eigenvalue weighted by Crippen LogP contribution is -2.59. The van der Waals surface area contributed by atoms with Crippen molar-refractivity contribution in [3.05, 3.63) is 0 Å². The van der Waals surface area contributed by atoms with Crippen molar-refractivity contribution in [2.45, 2.75) is 44.2 Å². The second kappa shape index (κ2) is 4.77. The Balaban J connectivity index is 1.34. The Morgan fingerprint density at radius 3 is 2.22 bits per heavy atom. The maximum absolute atomic E-state index is 3.93. The van der Waals surface area contributed by atoms with Crippen molar-refractivity contribution in [1.29, 1.82) is 0 Å². The summed E-state index contributed by atoms with van der Waals surface area (Å²) in [7, 11) is 0. The van der Waals surface area contributed by atoms with Crippen molar-refractivity contribution in [3.63, 3.8) is 0 Å². The van der Waals surface area contributed by atoms with Crippen LogP contribution in [0.5, 0.6) is 0 Å². The van der Waals surface area contributed by atoms with E-state index in [4.69, 9.17) is 0 Å². The van der Waals surface area contributed by atoms with Crippen LogP contribution in [-0.4, -0.2) is 38.3 Å². The van der Waals surface area contributed by atoms with Gasteiger partial charge in [0.15, 0.2) is 0 Å². The lowest BCUT2D eigenvalue weighted by Gasteiger charge is -2.54. The van der Waals surface area contributed by atoms with Crippen molar-refractivity contribution >= 4 is 0 Å². The summed E-state index contributed by atoms with van der Waals surface area (Å²) in [4.78, 5) is 0. The second-order valence-corrected chi connectivity index (χ2v) is 7.22. The minimum Gasteiger partial charge on any atom is -0.314 e. The third kappa shape index (κ3) is 2.10. The van der Waals surface area contributed by atoms with E-state index in [9.17, 15) is 0 Å². The van der Waals surface area contributed by atoms with Gasteiger partial charge in [-0.3, -0.25) is 0 Å². The predicted molar refractivity (Wildman–Crippen MR) is 73.5 cm³/mol. The van der Waals surface area contributed by atoms with Crippen molar-refractivity contribution in [3.8, 4) is 0 Å². The molecule has 3 nitrogen and oxygen atoms in total. The molecule has 3 heteroatoms. The average molecular weight is 249 g/mol. The number of hydrogen-bond acceptors (Lipinski definition) is 3. The predicted octanol–water partition coefficient (Wildman–Crippen LogP) is 0.962. The van der Waals surface area contributed by atoms with Crippen LogP contribution in [0.15, 0.2) is 0 Å². The van der Waals surface area contributed by atoms with Gasteiger partial charge < -0.3 is 16.0 Å². The highest BCUT2D eigenvalue weighted by Crippen LogP contribution is 2.53. The summed E-state index contributed by atoms with van der Waals surface area (Å²) in [6.07, 6.45) is 7.68. The average Bonchev–Trinajstić information content (AvgIpc) is 2.38. The molecule has 1 saturated heterocycles. The van der Waals surface area contributed by atoms with Gasteiger partial charge in [0, 0.05) is 38.3 Å². The molecule has 4 bridgehead atoms. The molecule has 18 heavy (non-hydrogen) atoms. The summed E-state index contributed by atoms with van der Waals surface area (Å²) in [5.74, 6) is 4.22. The van der Waals surface area contributed by atoms with Crippen LogP contribution in [-0.2, 0) is 0 Å². The highest BCUT2D eigenvalue weighted by atomic mass is 15.1. The molecule has 5 fully saturated rings. The smallest absolute Gasteiger partial charge is 0.0318 e. The summed E-state index contributed by atoms with van der Waals surface area (Å²) >= 11 is 0. The Hall–Kier alpha value is -0.120. The molecule has 0 amide bonds. The Labute approximate surface area is 110 Å². The summed E-state index contributed by atoms with van der Waals surface area (Å²) in [5.41, 5.74) is 0. The van der Waals surface area contributed by atoms with Gasteiger partial charge >= 0.3 is 0 Å². The van der Waals surface area contributed by atoms with Crippen LogP contribution in [0.1, 0.15) is 32.1 Å². The molecule has 5 rings (SSSR count). The fourth-order valence-corrected chi connectivity index (χ4v) is 5.39. The van der Waals surface area contributed by atoms with Crippen molar-refractivity contribution in [2.24, 2.45) is 23.7 Å². The van der Waals surface area contributed by atoms with Crippen LogP contribution in [0, 0.1) is 23.7 Å². The zero-order chi connectivity index (χ0) is 11.9. The first-order chi connectivity index (χ1) is 8.88. The van der Waals surface area contributed by atoms with Crippen LogP contribution < -0.4 is 16.0 Å². The Morgan fingerprint density at radius 2 is 1.61 bits per heavy atom. The van der Waals surface area contributed by atoms with Crippen LogP contribution in [0.3, 0.4) is 0 Å². The van der Waals surface area contributed by atoms with Gasteiger partial charge in [-0.15, -0.1) is 0 Å². The third-order valence-corrected chi connectivity index (χ3v) is 5.95. The van der Waals surface area contributed by atoms with Crippen LogP contribution in [0.2, 0.25) is 0 Å². The van der Waals surface area contributed by atoms with Gasteiger partial charge in [0.2, 0.25) is 0 Å². The summed E-state index contributed by atoms with van der Waals surface area (Å²) in [5, 5.41) is 11.0. The summed E-state index contributed by atoms with van der Waals surface area (Å²) < 4.78 is 0. The molecule has 102 valence electrons. The quantitative estimate of drug-likeness (QED) is 0.697. The molecular weight excluding hydrogens is 222 g/mol. The normalized spacial score (nSPS) is 50.7. The van der Waals surface area contributed by atoms with Crippen LogP contribution >= 0.6 is 0 Å². The van der Waals surface area contributed by atoms with Gasteiger partial charge in [-0.2, -0.15) is 0 Å². The van der Waals surface area contributed by atoms with Gasteiger partial charge in [-0.1, -0.05) is 0 Å². The van der Waals surface area contributed by atoms with E-state index in [1.807, 2.05) is 0 Å². The minimum absolute atomic E-state index is 0.649. The maximum atomic E-state index is 3.93. The van der Waals surface area contributed by atoms with Gasteiger partial charge in [0.05, 0.1) is 0 Å². The van der Waals surface area contributed by atoms with Crippen molar-refractivity contribution in [2.75, 3.05) is 26.2 Å². The first-order valence-electron chi connectivity index (χ1n) is 8.06. The molecule has 1 atom stereocenters. The lowest BCUT2D eigenvalue weighted by molar-refractivity contribution is -0.0143. The number of nitrogens with one attached hydrogen (secondary N) is 3. The molecule has 4 aliphatic carbocycles. The number of hydrogen-bond donors (Lipinski definition) is 3. The van der Waals surface area contributed by atoms with Gasteiger partial charge in [0.25, 0.3) is 0 Å². The molecule has 4 saturated carbocycles. The number of rotatable bonds is 3. The maximum Gasteiger partial charge on any atom is 0.0318 e. The van der Waals surface area contributed by atoms with E-state index in [-0.39, 0.29) is 0 Å². The molecular formula is C15H27N3. The monoisotopic (exact) mass is 249 g/mol. The van der Waals surface area contributed by atoms with Crippen molar-refractivity contribution < 1.29 is 0 Å². The largest absolute Gasteiger partial charge is 0.314 e. The molecule has 1 aliphatic heterocycles. The zero-order valence-electron chi connectivity index (χ0n) is 11.3. The molecule has 1 unspecified atom stereocenters. The third-order valence-electron chi connectivity index (χ3n) is 5.95. The molecule has 0 radical (unpaired) electrons. The molecule has 0 spiro atoms. The van der Waals surface area contributed by atoms with E-state index < -0.39 is 0 Å². The fraction of sp³-hybridized carbons (Fsp3) is 1.00. The Bertz CT molecular complexity index is 270. The number of piperazine rings is 1. The van der Waals surface area contributed by atoms with E-state index in [2.05, 4.69) is 16.0 Å². The first-order valence-corrected chi connectivity index (χ1v) is 8.06. The van der Waals surface area contributed by atoms with E-state index in [1.54, 1.807) is 6.42 Å². The lowest BCUT2D eigenvalue weighted by atomic mass is 9.54. The summed E-state index contributed by atoms with van der Waals surface area (Å²) in [6, 6.07) is 1.50. The topological polar surface area (TPSA) is 36.1 Å². The van der Waals surface area contributed by atoms with Gasteiger partial charge in [-0.25, -0.2) is 0 Å².